The minimum Gasteiger partial charge on any atom is -0.394 e. The predicted octanol–water partition coefficient (Wildman–Crippen LogP) is 12.8. The van der Waals surface area contributed by atoms with E-state index in [1.54, 1.807) is 6.08 Å². The van der Waals surface area contributed by atoms with Gasteiger partial charge in [-0.05, 0) is 57.8 Å². The van der Waals surface area contributed by atoms with Crippen molar-refractivity contribution >= 4 is 5.91 Å². The number of hydrogen-bond acceptors (Lipinski definition) is 4. The molecule has 3 unspecified atom stereocenters. The SMILES string of the molecule is CCCCCCCCCC/C=C/CC/C=C/C(O)C(CO)NC(=O)C(O)CCCCCCCCC/C=C\CCCCCCCCCCCCCC. The number of aliphatic hydroxyl groups excluding tert-OH is 3. The molecule has 0 aliphatic heterocycles. The summed E-state index contributed by atoms with van der Waals surface area (Å²) in [6.45, 7) is 4.16. The van der Waals surface area contributed by atoms with E-state index in [1.165, 1.54) is 167 Å². The molecule has 0 aliphatic carbocycles. The van der Waals surface area contributed by atoms with E-state index in [1.807, 2.05) is 6.08 Å². The molecule has 0 aromatic heterocycles. The summed E-state index contributed by atoms with van der Waals surface area (Å²) in [6, 6.07) is -0.815. The van der Waals surface area contributed by atoms with E-state index in [2.05, 4.69) is 43.5 Å². The van der Waals surface area contributed by atoms with Crippen LogP contribution >= 0.6 is 0 Å². The van der Waals surface area contributed by atoms with Crippen LogP contribution in [0.1, 0.15) is 226 Å². The van der Waals surface area contributed by atoms with Crippen LogP contribution in [-0.2, 0) is 4.79 Å². The lowest BCUT2D eigenvalue weighted by molar-refractivity contribution is -0.131. The van der Waals surface area contributed by atoms with Crippen LogP contribution in [0.15, 0.2) is 36.5 Å². The second-order valence-electron chi connectivity index (χ2n) is 15.2. The lowest BCUT2D eigenvalue weighted by Crippen LogP contribution is -2.48. The van der Waals surface area contributed by atoms with Gasteiger partial charge in [-0.3, -0.25) is 4.79 Å². The Bertz CT molecular complexity index is 794. The van der Waals surface area contributed by atoms with Gasteiger partial charge in [-0.25, -0.2) is 0 Å². The van der Waals surface area contributed by atoms with Gasteiger partial charge in [-0.1, -0.05) is 204 Å². The number of allylic oxidation sites excluding steroid dienone is 5. The molecule has 0 radical (unpaired) electrons. The van der Waals surface area contributed by atoms with E-state index >= 15 is 0 Å². The van der Waals surface area contributed by atoms with Crippen LogP contribution in [0.25, 0.3) is 0 Å². The van der Waals surface area contributed by atoms with Crippen molar-refractivity contribution < 1.29 is 20.1 Å². The van der Waals surface area contributed by atoms with Crippen LogP contribution < -0.4 is 5.32 Å². The second kappa shape index (κ2) is 41.3. The molecule has 0 aromatic rings. The molecule has 0 fully saturated rings. The van der Waals surface area contributed by atoms with Crippen LogP contribution in [0.2, 0.25) is 0 Å². The topological polar surface area (TPSA) is 89.8 Å². The van der Waals surface area contributed by atoms with E-state index in [0.717, 1.165) is 38.5 Å². The molecule has 5 heteroatoms. The van der Waals surface area contributed by atoms with Gasteiger partial charge >= 0.3 is 0 Å². The number of carbonyl (C=O) groups is 1. The number of hydrogen-bond donors (Lipinski definition) is 4. The summed E-state index contributed by atoms with van der Waals surface area (Å²) in [4.78, 5) is 12.5. The van der Waals surface area contributed by atoms with Gasteiger partial charge in [0.15, 0.2) is 0 Å². The highest BCUT2D eigenvalue weighted by Gasteiger charge is 2.22. The maximum atomic E-state index is 12.5. The van der Waals surface area contributed by atoms with Crippen molar-refractivity contribution in [3.63, 3.8) is 0 Å². The molecule has 1 amide bonds. The molecule has 0 heterocycles. The first-order valence-corrected chi connectivity index (χ1v) is 22.3. The van der Waals surface area contributed by atoms with Crippen LogP contribution in [-0.4, -0.2) is 46.1 Å². The molecule has 0 aliphatic rings. The third kappa shape index (κ3) is 36.7. The normalized spacial score (nSPS) is 13.9. The monoisotopic (exact) mass is 718 g/mol. The van der Waals surface area contributed by atoms with Gasteiger partial charge < -0.3 is 20.6 Å². The Kier molecular flexibility index (Phi) is 40.2. The maximum Gasteiger partial charge on any atom is 0.249 e. The second-order valence-corrected chi connectivity index (χ2v) is 15.2. The van der Waals surface area contributed by atoms with E-state index in [-0.39, 0.29) is 6.61 Å². The Morgan fingerprint density at radius 3 is 1.20 bits per heavy atom. The van der Waals surface area contributed by atoms with Gasteiger partial charge in [0.25, 0.3) is 0 Å². The van der Waals surface area contributed by atoms with Crippen LogP contribution in [0, 0.1) is 0 Å². The molecular formula is C46H87NO4. The fraction of sp³-hybridized carbons (Fsp3) is 0.848. The van der Waals surface area contributed by atoms with Crippen molar-refractivity contribution in [2.45, 2.75) is 244 Å². The number of unbranched alkanes of at least 4 members (excludes halogenated alkanes) is 28. The number of nitrogens with one attached hydrogen (secondary N) is 1. The molecule has 0 spiro atoms. The Balaban J connectivity index is 3.68. The first-order chi connectivity index (χ1) is 25.1. The Morgan fingerprint density at radius 2 is 0.804 bits per heavy atom. The molecule has 0 saturated carbocycles. The molecule has 51 heavy (non-hydrogen) atoms. The third-order valence-electron chi connectivity index (χ3n) is 10.2. The molecule has 300 valence electrons. The number of amides is 1. The highest BCUT2D eigenvalue weighted by Crippen LogP contribution is 2.15. The summed E-state index contributed by atoms with van der Waals surface area (Å²) in [5.74, 6) is -0.516. The number of aliphatic hydroxyl groups is 3. The minimum absolute atomic E-state index is 0.377. The summed E-state index contributed by atoms with van der Waals surface area (Å²) in [6.07, 6.45) is 51.8. The maximum absolute atomic E-state index is 12.5. The molecule has 0 bridgehead atoms. The molecule has 4 N–H and O–H groups in total. The van der Waals surface area contributed by atoms with Gasteiger partial charge in [0.05, 0.1) is 18.8 Å². The lowest BCUT2D eigenvalue weighted by atomic mass is 10.0. The van der Waals surface area contributed by atoms with Crippen molar-refractivity contribution in [1.82, 2.24) is 5.32 Å². The van der Waals surface area contributed by atoms with Crippen LogP contribution in [0.4, 0.5) is 0 Å². The minimum atomic E-state index is -1.11. The number of carbonyl (C=O) groups excluding carboxylic acids is 1. The van der Waals surface area contributed by atoms with Gasteiger partial charge in [-0.15, -0.1) is 0 Å². The summed E-state index contributed by atoms with van der Waals surface area (Å²) in [5, 5.41) is 33.1. The largest absolute Gasteiger partial charge is 0.394 e. The smallest absolute Gasteiger partial charge is 0.249 e. The summed E-state index contributed by atoms with van der Waals surface area (Å²) in [5.41, 5.74) is 0. The molecule has 0 saturated heterocycles. The summed E-state index contributed by atoms with van der Waals surface area (Å²) < 4.78 is 0. The van der Waals surface area contributed by atoms with Crippen LogP contribution in [0.3, 0.4) is 0 Å². The zero-order chi connectivity index (χ0) is 37.3. The molecule has 3 atom stereocenters. The quantitative estimate of drug-likeness (QED) is 0.0375. The van der Waals surface area contributed by atoms with Crippen molar-refractivity contribution in [3.05, 3.63) is 36.5 Å². The van der Waals surface area contributed by atoms with E-state index < -0.39 is 24.2 Å². The van der Waals surface area contributed by atoms with Gasteiger partial charge in [0, 0.05) is 0 Å². The zero-order valence-corrected chi connectivity index (χ0v) is 34.0. The average molecular weight is 718 g/mol. The average Bonchev–Trinajstić information content (AvgIpc) is 3.13. The van der Waals surface area contributed by atoms with E-state index in [9.17, 15) is 20.1 Å². The fourth-order valence-electron chi connectivity index (χ4n) is 6.67. The molecule has 0 aromatic carbocycles. The standard InChI is InChI=1S/C46H87NO4/c1-3-5-7-9-11-13-15-17-19-20-21-22-23-24-25-26-27-29-31-33-35-37-39-41-45(50)46(51)47-43(42-48)44(49)40-38-36-34-32-30-28-18-16-14-12-10-8-6-4-2/h24-25,30,32,38,40,43-45,48-50H,3-23,26-29,31,33-37,39,41-42H2,1-2H3,(H,47,51)/b25-24-,32-30+,40-38+. The molecule has 5 nitrogen and oxygen atoms in total. The van der Waals surface area contributed by atoms with Crippen LogP contribution in [0.5, 0.6) is 0 Å². The van der Waals surface area contributed by atoms with Crippen molar-refractivity contribution in [2.75, 3.05) is 6.61 Å². The highest BCUT2D eigenvalue weighted by atomic mass is 16.3. The van der Waals surface area contributed by atoms with Crippen molar-refractivity contribution in [2.24, 2.45) is 0 Å². The predicted molar refractivity (Wildman–Crippen MR) is 222 cm³/mol. The van der Waals surface area contributed by atoms with Gasteiger partial charge in [-0.2, -0.15) is 0 Å². The Labute approximate surface area is 317 Å². The fourth-order valence-corrected chi connectivity index (χ4v) is 6.67. The van der Waals surface area contributed by atoms with Gasteiger partial charge in [0.2, 0.25) is 5.91 Å². The third-order valence-corrected chi connectivity index (χ3v) is 10.2. The van der Waals surface area contributed by atoms with Crippen molar-refractivity contribution in [3.8, 4) is 0 Å². The summed E-state index contributed by atoms with van der Waals surface area (Å²) >= 11 is 0. The first-order valence-electron chi connectivity index (χ1n) is 22.3. The molecular weight excluding hydrogens is 631 g/mol. The van der Waals surface area contributed by atoms with E-state index in [0.29, 0.717) is 6.42 Å². The lowest BCUT2D eigenvalue weighted by Gasteiger charge is -2.21. The highest BCUT2D eigenvalue weighted by molar-refractivity contribution is 5.80. The van der Waals surface area contributed by atoms with Crippen molar-refractivity contribution in [1.29, 1.82) is 0 Å². The van der Waals surface area contributed by atoms with E-state index in [4.69, 9.17) is 0 Å². The Morgan fingerprint density at radius 1 is 0.471 bits per heavy atom. The number of rotatable bonds is 40. The summed E-state index contributed by atoms with van der Waals surface area (Å²) in [7, 11) is 0. The first kappa shape index (κ1) is 49.6. The Hall–Kier alpha value is -1.43. The molecule has 0 rings (SSSR count). The zero-order valence-electron chi connectivity index (χ0n) is 34.0. The van der Waals surface area contributed by atoms with Gasteiger partial charge in [0.1, 0.15) is 6.10 Å².